The fourth-order valence-corrected chi connectivity index (χ4v) is 12.4. The van der Waals surface area contributed by atoms with Gasteiger partial charge in [-0.25, -0.2) is 9.55 Å². The zero-order valence-electron chi connectivity index (χ0n) is 53.0. The van der Waals surface area contributed by atoms with Crippen molar-refractivity contribution in [2.24, 2.45) is 28.9 Å². The van der Waals surface area contributed by atoms with E-state index in [-0.39, 0.29) is 31.8 Å². The summed E-state index contributed by atoms with van der Waals surface area (Å²) in [6, 6.07) is -1.06. The maximum absolute atomic E-state index is 13.0. The van der Waals surface area contributed by atoms with Gasteiger partial charge in [-0.1, -0.05) is 77.5 Å². The van der Waals surface area contributed by atoms with Crippen LogP contribution in [0.25, 0.3) is 6.08 Å². The molecule has 3 fully saturated rings. The molecular weight excluding hydrogens is 1130 g/mol. The summed E-state index contributed by atoms with van der Waals surface area (Å²) in [6.45, 7) is 20.1. The summed E-state index contributed by atoms with van der Waals surface area (Å²) in [6.07, 6.45) is 0.312. The van der Waals surface area contributed by atoms with Crippen molar-refractivity contribution in [1.29, 1.82) is 0 Å². The standard InChI is InChI=1S/C60H101N4O20P/c1-32(25-47(61)66)21-19-22-33(2)34(3)26-35(4)48(67)38(7)43(65)28-45(75-15)52-55(84-85(71,72)73)59(10,11)60(83-52)29-46(81-58-54(78-18)53(77-17)51(76-16)40(9)80-58)39(8)44(82-60)24-20-23-41-30-79-57(63-41)36(5)27-37(6)62-56(70)50(69)49(68)42(31-74-14)64(12)13/h19-23,25-26,30,35-40,42-46,48-55,58,65,67-69H,24,27-29,31H2,1-18H3,(H2,61,66)(H,62,70)(H2,71,72,73)/b21-19+,23-20+,32-25+,33-22+,34-26+/t35-,36+,37-,38+,39-,40?,42?,43+,44+,45+,46+,48-,49+,50+,51?,52-,53?,54?,55+,58?,60?/m1/s1. The SMILES string of the molecule is COCC([C@H](O)[C@H](O)C(=O)N[C@H](C)C[C@H](C)c1nc(/C=C/C[C@@H]2OC3(C[C@H](OC4OC(C)C(OC)C(OC)C4OC)[C@@H]2C)O[C@H]([C@H](C[C@H](O)[C@H](C)[C@H](O)[C@H](C)/C=C(C)/C(C)=C/C=C/C(C)=C/C(N)=O)OC)[C@H](OP(=O)(O)O)C3(C)C)co1)N(C)C. The van der Waals surface area contributed by atoms with Gasteiger partial charge in [0.05, 0.1) is 49.3 Å². The molecule has 0 aromatic carbocycles. The van der Waals surface area contributed by atoms with Gasteiger partial charge in [0.1, 0.15) is 48.6 Å². The average Bonchev–Trinajstić information content (AvgIpc) is 1.76. The first kappa shape index (κ1) is 73.9. The number of hydrogen-bond donors (Lipinski definition) is 8. The molecule has 1 aromatic heterocycles. The van der Waals surface area contributed by atoms with Gasteiger partial charge >= 0.3 is 7.82 Å². The normalized spacial score (nSPS) is 30.8. The monoisotopic (exact) mass is 1230 g/mol. The minimum absolute atomic E-state index is 0.00700. The summed E-state index contributed by atoms with van der Waals surface area (Å²) >= 11 is 0. The van der Waals surface area contributed by atoms with Crippen LogP contribution in [0, 0.1) is 23.2 Å². The molecule has 7 unspecified atom stereocenters. The predicted octanol–water partition coefficient (Wildman–Crippen LogP) is 4.85. The maximum Gasteiger partial charge on any atom is 0.469 e. The molecule has 4 heterocycles. The van der Waals surface area contributed by atoms with Gasteiger partial charge in [-0.3, -0.25) is 14.1 Å². The molecule has 24 nitrogen and oxygen atoms in total. The first-order chi connectivity index (χ1) is 39.7. The topological polar surface area (TPSA) is 332 Å². The molecule has 9 N–H and O–H groups in total. The molecule has 0 aliphatic carbocycles. The first-order valence-corrected chi connectivity index (χ1v) is 30.6. The molecule has 25 heteroatoms. The van der Waals surface area contributed by atoms with E-state index < -0.39 is 146 Å². The molecule has 21 atom stereocenters. The van der Waals surface area contributed by atoms with Crippen LogP contribution in [0.4, 0.5) is 0 Å². The first-order valence-electron chi connectivity index (χ1n) is 29.0. The number of allylic oxidation sites excluding steroid dienone is 6. The Morgan fingerprint density at radius 3 is 2.15 bits per heavy atom. The number of nitrogens with one attached hydrogen (secondary N) is 1. The molecule has 85 heavy (non-hydrogen) atoms. The lowest BCUT2D eigenvalue weighted by Gasteiger charge is -2.52. The maximum atomic E-state index is 13.0. The van der Waals surface area contributed by atoms with Crippen LogP contribution < -0.4 is 11.1 Å². The highest BCUT2D eigenvalue weighted by Gasteiger charge is 2.68. The van der Waals surface area contributed by atoms with Gasteiger partial charge in [-0.2, -0.15) is 0 Å². The molecule has 1 aromatic rings. The summed E-state index contributed by atoms with van der Waals surface area (Å²) in [7, 11) is 5.66. The van der Waals surface area contributed by atoms with Crippen LogP contribution in [-0.4, -0.2) is 212 Å². The number of likely N-dealkylation sites (N-methyl/N-ethyl adjacent to an activating group) is 1. The van der Waals surface area contributed by atoms with Crippen LogP contribution in [0.1, 0.15) is 119 Å². The number of aromatic nitrogens is 1. The number of nitrogens with zero attached hydrogens (tertiary/aromatic N) is 2. The number of rotatable bonds is 32. The van der Waals surface area contributed by atoms with Crippen LogP contribution in [0.2, 0.25) is 0 Å². The van der Waals surface area contributed by atoms with E-state index in [1.54, 1.807) is 86.1 Å². The minimum atomic E-state index is -5.26. The van der Waals surface area contributed by atoms with E-state index in [9.17, 15) is 44.4 Å². The van der Waals surface area contributed by atoms with E-state index in [4.69, 9.17) is 62.3 Å². The van der Waals surface area contributed by atoms with Crippen molar-refractivity contribution in [2.75, 3.05) is 56.3 Å². The lowest BCUT2D eigenvalue weighted by atomic mass is 9.72. The van der Waals surface area contributed by atoms with E-state index >= 15 is 0 Å². The van der Waals surface area contributed by atoms with Gasteiger partial charge < -0.3 is 93.2 Å². The molecular formula is C60H101N4O20P. The third kappa shape index (κ3) is 19.4. The van der Waals surface area contributed by atoms with E-state index in [0.717, 1.165) is 11.1 Å². The Labute approximate surface area is 502 Å². The van der Waals surface area contributed by atoms with Gasteiger partial charge in [0.15, 0.2) is 24.1 Å². The molecule has 2 amide bonds. The summed E-state index contributed by atoms with van der Waals surface area (Å²) in [5.74, 6) is -4.45. The number of phosphoric ester groups is 1. The number of amides is 2. The van der Waals surface area contributed by atoms with E-state index in [1.165, 1.54) is 33.7 Å². The summed E-state index contributed by atoms with van der Waals surface area (Å²) in [5, 5.41) is 47.9. The van der Waals surface area contributed by atoms with E-state index in [0.29, 0.717) is 23.6 Å². The molecule has 3 saturated heterocycles. The molecule has 486 valence electrons. The Kier molecular flexibility index (Phi) is 28.5. The van der Waals surface area contributed by atoms with Gasteiger partial charge in [0.25, 0.3) is 5.91 Å². The van der Waals surface area contributed by atoms with Gasteiger partial charge in [0.2, 0.25) is 5.91 Å². The Bertz CT molecular complexity index is 2480. The largest absolute Gasteiger partial charge is 0.469 e. The van der Waals surface area contributed by atoms with Crippen molar-refractivity contribution < 1.29 is 95.9 Å². The number of hydrogen-bond acceptors (Lipinski definition) is 20. The zero-order chi connectivity index (χ0) is 64.1. The molecule has 3 aliphatic rings. The average molecular weight is 1230 g/mol. The van der Waals surface area contributed by atoms with E-state index in [1.807, 2.05) is 59.8 Å². The molecule has 4 rings (SSSR count). The summed E-state index contributed by atoms with van der Waals surface area (Å²) < 4.78 is 81.1. The Morgan fingerprint density at radius 2 is 1.58 bits per heavy atom. The molecule has 0 radical (unpaired) electrons. The minimum Gasteiger partial charge on any atom is -0.448 e. The van der Waals surface area contributed by atoms with Crippen molar-refractivity contribution >= 4 is 25.7 Å². The number of oxazole rings is 1. The predicted molar refractivity (Wildman–Crippen MR) is 316 cm³/mol. The number of nitrogens with two attached hydrogens (primary N) is 1. The van der Waals surface area contributed by atoms with Crippen molar-refractivity contribution in [3.05, 3.63) is 71.0 Å². The summed E-state index contributed by atoms with van der Waals surface area (Å²) in [5.41, 5.74) is 6.83. The summed E-state index contributed by atoms with van der Waals surface area (Å²) in [4.78, 5) is 51.7. The zero-order valence-corrected chi connectivity index (χ0v) is 53.9. The fraction of sp³-hybridized carbons (Fsp3) is 0.750. The quantitative estimate of drug-likeness (QED) is 0.0271. The number of aliphatic hydroxyl groups is 4. The highest BCUT2D eigenvalue weighted by Crippen LogP contribution is 2.59. The highest BCUT2D eigenvalue weighted by molar-refractivity contribution is 7.46. The molecule has 1 spiro atoms. The second-order valence-electron chi connectivity index (χ2n) is 24.1. The second-order valence-corrected chi connectivity index (χ2v) is 25.3. The van der Waals surface area contributed by atoms with Gasteiger partial charge in [-0.15, -0.1) is 0 Å². The van der Waals surface area contributed by atoms with Crippen LogP contribution in [0.15, 0.2) is 63.9 Å². The lowest BCUT2D eigenvalue weighted by molar-refractivity contribution is -0.366. The third-order valence-electron chi connectivity index (χ3n) is 17.1. The third-order valence-corrected chi connectivity index (χ3v) is 17.6. The second kappa shape index (κ2) is 32.8. The van der Waals surface area contributed by atoms with Crippen molar-refractivity contribution in [3.63, 3.8) is 0 Å². The van der Waals surface area contributed by atoms with Crippen molar-refractivity contribution in [2.45, 2.75) is 211 Å². The lowest BCUT2D eigenvalue weighted by Crippen LogP contribution is -2.62. The van der Waals surface area contributed by atoms with Crippen LogP contribution >= 0.6 is 7.82 Å². The smallest absolute Gasteiger partial charge is 0.448 e. The Balaban J connectivity index is 1.65. The van der Waals surface area contributed by atoms with Crippen LogP contribution in [0.3, 0.4) is 0 Å². The number of phosphoric acid groups is 1. The number of ether oxygens (including phenoxy) is 9. The van der Waals surface area contributed by atoms with Crippen molar-refractivity contribution in [1.82, 2.24) is 15.2 Å². The number of primary amides is 1. The fourth-order valence-electron chi connectivity index (χ4n) is 11.7. The molecule has 0 bridgehead atoms. The number of carbonyl (C=O) groups is 2. The number of methoxy groups -OCH3 is 5. The Morgan fingerprint density at radius 1 is 0.929 bits per heavy atom. The Hall–Kier alpha value is -3.60. The van der Waals surface area contributed by atoms with Crippen LogP contribution in [0.5, 0.6) is 0 Å². The van der Waals surface area contributed by atoms with Gasteiger partial charge in [0, 0.05) is 89.6 Å². The number of aliphatic hydroxyl groups excluding tert-OH is 4. The van der Waals surface area contributed by atoms with E-state index in [2.05, 4.69) is 5.32 Å². The highest BCUT2D eigenvalue weighted by atomic mass is 31.2. The van der Waals surface area contributed by atoms with Gasteiger partial charge in [-0.05, 0) is 78.8 Å². The van der Waals surface area contributed by atoms with Crippen molar-refractivity contribution in [3.8, 4) is 0 Å². The number of carbonyl (C=O) groups excluding carboxylic acids is 2. The molecule has 0 saturated carbocycles. The van der Waals surface area contributed by atoms with Crippen LogP contribution in [-0.2, 0) is 61.3 Å². The molecule has 3 aliphatic heterocycles.